The highest BCUT2D eigenvalue weighted by molar-refractivity contribution is 5.94. The Morgan fingerprint density at radius 3 is 2.85 bits per heavy atom. The van der Waals surface area contributed by atoms with Crippen molar-refractivity contribution in [1.82, 2.24) is 4.90 Å². The first-order chi connectivity index (χ1) is 8.44. The number of aryl methyl sites for hydroxylation is 1. The van der Waals surface area contributed by atoms with Crippen LogP contribution in [0.15, 0.2) is 18.2 Å². The molecule has 0 unspecified atom stereocenters. The average Bonchev–Trinajstić information content (AvgIpc) is 2.17. The molecular weight excluding hydrogens is 169 g/mol. The molecule has 1 aromatic carbocycles. The zero-order valence-electron chi connectivity index (χ0n) is 13.0. The maximum absolute atomic E-state index is 13.5. The second kappa shape index (κ2) is 3.56. The highest BCUT2D eigenvalue weighted by Crippen LogP contribution is 2.11. The number of carbonyl (C=O) groups is 1. The summed E-state index contributed by atoms with van der Waals surface area (Å²) in [5, 5.41) is 0. The fourth-order valence-electron chi connectivity index (χ4n) is 0.923. The molecule has 2 nitrogen and oxygen atoms in total. The van der Waals surface area contributed by atoms with Gasteiger partial charge in [0.1, 0.15) is 5.82 Å². The van der Waals surface area contributed by atoms with Gasteiger partial charge < -0.3 is 4.90 Å². The summed E-state index contributed by atoms with van der Waals surface area (Å²) in [6.07, 6.45) is 0. The summed E-state index contributed by atoms with van der Waals surface area (Å²) in [6, 6.07) is 3.49. The van der Waals surface area contributed by atoms with Crippen molar-refractivity contribution in [3.63, 3.8) is 0 Å². The Kier molecular flexibility index (Phi) is 1.16. The van der Waals surface area contributed by atoms with Gasteiger partial charge in [-0.2, -0.15) is 0 Å². The maximum atomic E-state index is 13.5. The third-order valence-electron chi connectivity index (χ3n) is 1.56. The predicted molar refractivity (Wildman–Crippen MR) is 49.2 cm³/mol. The maximum Gasteiger partial charge on any atom is 0.256 e. The lowest BCUT2D eigenvalue weighted by molar-refractivity contribution is 0.0823. The molecule has 13 heavy (non-hydrogen) atoms. The van der Waals surface area contributed by atoms with Gasteiger partial charge in [0.05, 0.1) is 5.56 Å². The minimum absolute atomic E-state index is 0.266. The van der Waals surface area contributed by atoms with Crippen molar-refractivity contribution in [3.8, 4) is 0 Å². The molecule has 0 atom stereocenters. The van der Waals surface area contributed by atoms with Crippen LogP contribution in [-0.2, 0) is 0 Å². The fraction of sp³-hybridized carbons (Fsp3) is 0.300. The third kappa shape index (κ3) is 2.05. The SMILES string of the molecule is [2H]C([2H])([2H])N(C(=O)c1cc(C)ccc1F)C([2H])([2H])[2H]. The van der Waals surface area contributed by atoms with E-state index in [0.29, 0.717) is 5.56 Å². The lowest BCUT2D eigenvalue weighted by Gasteiger charge is -2.11. The van der Waals surface area contributed by atoms with Crippen LogP contribution in [0, 0.1) is 12.7 Å². The lowest BCUT2D eigenvalue weighted by Crippen LogP contribution is -2.22. The number of nitrogens with zero attached hydrogens (tertiary/aromatic N) is 1. The fourth-order valence-corrected chi connectivity index (χ4v) is 0.923. The van der Waals surface area contributed by atoms with Crippen molar-refractivity contribution in [1.29, 1.82) is 0 Å². The number of hydrogen-bond acceptors (Lipinski definition) is 1. The van der Waals surface area contributed by atoms with E-state index in [1.54, 1.807) is 6.92 Å². The van der Waals surface area contributed by atoms with E-state index in [9.17, 15) is 9.18 Å². The van der Waals surface area contributed by atoms with Crippen LogP contribution in [0.5, 0.6) is 0 Å². The Morgan fingerprint density at radius 2 is 2.23 bits per heavy atom. The van der Waals surface area contributed by atoms with Crippen LogP contribution < -0.4 is 0 Å². The summed E-state index contributed by atoms with van der Waals surface area (Å²) >= 11 is 0. The van der Waals surface area contributed by atoms with E-state index in [4.69, 9.17) is 8.22 Å². The molecule has 0 aliphatic carbocycles. The van der Waals surface area contributed by atoms with E-state index in [0.717, 1.165) is 12.1 Å². The Bertz CT molecular complexity index is 482. The average molecular weight is 187 g/mol. The van der Waals surface area contributed by atoms with Crippen LogP contribution in [0.25, 0.3) is 0 Å². The number of amides is 1. The molecule has 3 heteroatoms. The molecule has 0 aromatic heterocycles. The van der Waals surface area contributed by atoms with E-state index in [1.165, 1.54) is 6.07 Å². The van der Waals surface area contributed by atoms with Gasteiger partial charge in [-0.25, -0.2) is 4.39 Å². The summed E-state index contributed by atoms with van der Waals surface area (Å²) < 4.78 is 56.2. The number of rotatable bonds is 1. The van der Waals surface area contributed by atoms with Gasteiger partial charge in [-0.05, 0) is 19.1 Å². The highest BCUT2D eigenvalue weighted by Gasteiger charge is 2.12. The van der Waals surface area contributed by atoms with Gasteiger partial charge >= 0.3 is 0 Å². The van der Waals surface area contributed by atoms with Crippen LogP contribution >= 0.6 is 0 Å². The predicted octanol–water partition coefficient (Wildman–Crippen LogP) is 1.84. The van der Waals surface area contributed by atoms with Crippen LogP contribution in [0.1, 0.15) is 24.1 Å². The van der Waals surface area contributed by atoms with Gasteiger partial charge in [0, 0.05) is 22.2 Å². The van der Waals surface area contributed by atoms with E-state index in [2.05, 4.69) is 0 Å². The van der Waals surface area contributed by atoms with Crippen molar-refractivity contribution in [3.05, 3.63) is 35.1 Å². The van der Waals surface area contributed by atoms with Gasteiger partial charge in [-0.3, -0.25) is 4.79 Å². The minimum Gasteiger partial charge on any atom is -0.345 e. The molecule has 0 radical (unpaired) electrons. The summed E-state index contributed by atoms with van der Waals surface area (Å²) in [7, 11) is 0. The van der Waals surface area contributed by atoms with Crippen LogP contribution in [0.4, 0.5) is 4.39 Å². The monoisotopic (exact) mass is 187 g/mol. The Morgan fingerprint density at radius 1 is 1.54 bits per heavy atom. The van der Waals surface area contributed by atoms with E-state index in [-0.39, 0.29) is 4.90 Å². The molecule has 0 spiro atoms. The van der Waals surface area contributed by atoms with Crippen LogP contribution in [0.3, 0.4) is 0 Å². The summed E-state index contributed by atoms with van der Waals surface area (Å²) in [5.41, 5.74) is -0.0620. The molecule has 0 N–H and O–H groups in total. The third-order valence-corrected chi connectivity index (χ3v) is 1.56. The highest BCUT2D eigenvalue weighted by atomic mass is 19.1. The first-order valence-corrected chi connectivity index (χ1v) is 3.55. The van der Waals surface area contributed by atoms with E-state index < -0.39 is 31.2 Å². The largest absolute Gasteiger partial charge is 0.345 e. The summed E-state index contributed by atoms with van der Waals surface area (Å²) in [6.45, 7) is -4.79. The zero-order chi connectivity index (χ0) is 15.0. The molecule has 0 saturated carbocycles. The van der Waals surface area contributed by atoms with Crippen molar-refractivity contribution in [2.24, 2.45) is 0 Å². The quantitative estimate of drug-likeness (QED) is 0.657. The van der Waals surface area contributed by atoms with Gasteiger partial charge in [0.25, 0.3) is 5.91 Å². The van der Waals surface area contributed by atoms with Gasteiger partial charge in [0.2, 0.25) is 0 Å². The molecule has 70 valence electrons. The number of hydrogen-bond donors (Lipinski definition) is 0. The molecule has 0 fully saturated rings. The normalized spacial score (nSPS) is 18.6. The van der Waals surface area contributed by atoms with Gasteiger partial charge in [0.15, 0.2) is 0 Å². The molecule has 0 saturated heterocycles. The standard InChI is InChI=1S/C10H12FNO/c1-7-4-5-9(11)8(6-7)10(13)12(2)3/h4-6H,1-3H3/i2D3,3D3. The van der Waals surface area contributed by atoms with Crippen LogP contribution in [0.2, 0.25) is 0 Å². The van der Waals surface area contributed by atoms with Crippen LogP contribution in [-0.4, -0.2) is 24.8 Å². The second-order valence-corrected chi connectivity index (χ2v) is 2.62. The molecule has 1 amide bonds. The van der Waals surface area contributed by atoms with Gasteiger partial charge in [-0.15, -0.1) is 0 Å². The zero-order valence-corrected chi connectivity index (χ0v) is 6.97. The van der Waals surface area contributed by atoms with Crippen molar-refractivity contribution >= 4 is 5.91 Å². The molecular formula is C10H12FNO. The van der Waals surface area contributed by atoms with Crippen molar-refractivity contribution in [2.45, 2.75) is 6.92 Å². The van der Waals surface area contributed by atoms with E-state index >= 15 is 0 Å². The Balaban J connectivity index is 3.32. The molecule has 0 heterocycles. The molecule has 0 bridgehead atoms. The van der Waals surface area contributed by atoms with Crippen molar-refractivity contribution in [2.75, 3.05) is 14.0 Å². The Hall–Kier alpha value is -1.38. The molecule has 1 rings (SSSR count). The van der Waals surface area contributed by atoms with Gasteiger partial charge in [-0.1, -0.05) is 11.6 Å². The topological polar surface area (TPSA) is 20.3 Å². The smallest absolute Gasteiger partial charge is 0.256 e. The first-order valence-electron chi connectivity index (χ1n) is 6.55. The molecule has 0 aliphatic rings. The first kappa shape index (κ1) is 4.22. The molecule has 1 aromatic rings. The van der Waals surface area contributed by atoms with Crippen molar-refractivity contribution < 1.29 is 17.4 Å². The summed E-state index contributed by atoms with van der Waals surface area (Å²) in [5.74, 6) is -2.35. The second-order valence-electron chi connectivity index (χ2n) is 2.62. The Labute approximate surface area is 85.4 Å². The number of benzene rings is 1. The summed E-state index contributed by atoms with van der Waals surface area (Å²) in [4.78, 5) is 11.7. The number of carbonyl (C=O) groups excluding carboxylic acids is 1. The van der Waals surface area contributed by atoms with E-state index in [1.807, 2.05) is 0 Å². The lowest BCUT2D eigenvalue weighted by atomic mass is 10.1. The molecule has 0 aliphatic heterocycles. The minimum atomic E-state index is -3.18. The number of halogens is 1.